The Bertz CT molecular complexity index is 548. The predicted molar refractivity (Wildman–Crippen MR) is 81.2 cm³/mol. The molecule has 0 saturated heterocycles. The van der Waals surface area contributed by atoms with Crippen LogP contribution in [0.15, 0.2) is 18.2 Å². The summed E-state index contributed by atoms with van der Waals surface area (Å²) in [5, 5.41) is 2.89. The molecule has 0 radical (unpaired) electrons. The number of nitrogens with one attached hydrogen (secondary N) is 1. The molecule has 114 valence electrons. The van der Waals surface area contributed by atoms with E-state index in [1.807, 2.05) is 6.92 Å². The van der Waals surface area contributed by atoms with Gasteiger partial charge in [0.1, 0.15) is 0 Å². The lowest BCUT2D eigenvalue weighted by atomic mass is 9.82. The molecule has 1 aromatic carbocycles. The van der Waals surface area contributed by atoms with Crippen molar-refractivity contribution in [3.8, 4) is 0 Å². The van der Waals surface area contributed by atoms with Crippen molar-refractivity contribution >= 4 is 17.6 Å². The largest absolute Gasteiger partial charge is 0.465 e. The first kappa shape index (κ1) is 15.5. The first-order chi connectivity index (χ1) is 9.96. The van der Waals surface area contributed by atoms with Gasteiger partial charge in [-0.3, -0.25) is 4.79 Å². The van der Waals surface area contributed by atoms with Gasteiger partial charge in [-0.05, 0) is 43.5 Å². The number of nitrogens with two attached hydrogens (primary N) is 1. The Balaban J connectivity index is 2.12. The van der Waals surface area contributed by atoms with Gasteiger partial charge in [-0.1, -0.05) is 19.3 Å². The minimum absolute atomic E-state index is 0.142. The van der Waals surface area contributed by atoms with E-state index >= 15 is 0 Å². The van der Waals surface area contributed by atoms with Crippen molar-refractivity contribution < 1.29 is 14.3 Å². The number of aryl methyl sites for hydroxylation is 1. The van der Waals surface area contributed by atoms with Crippen LogP contribution in [0, 0.1) is 6.92 Å². The maximum absolute atomic E-state index is 12.4. The van der Waals surface area contributed by atoms with Crippen molar-refractivity contribution in [3.63, 3.8) is 0 Å². The van der Waals surface area contributed by atoms with Crippen molar-refractivity contribution in [1.29, 1.82) is 0 Å². The zero-order valence-corrected chi connectivity index (χ0v) is 12.6. The number of rotatable bonds is 3. The van der Waals surface area contributed by atoms with Crippen LogP contribution in [0.1, 0.15) is 48.0 Å². The second-order valence-electron chi connectivity index (χ2n) is 5.69. The summed E-state index contributed by atoms with van der Waals surface area (Å²) in [4.78, 5) is 23.9. The number of amides is 1. The Morgan fingerprint density at radius 1 is 1.24 bits per heavy atom. The summed E-state index contributed by atoms with van der Waals surface area (Å²) in [6.07, 6.45) is 4.56. The highest BCUT2D eigenvalue weighted by Crippen LogP contribution is 2.28. The fourth-order valence-corrected chi connectivity index (χ4v) is 2.71. The first-order valence-corrected chi connectivity index (χ1v) is 7.25. The fourth-order valence-electron chi connectivity index (χ4n) is 2.71. The van der Waals surface area contributed by atoms with Crippen LogP contribution in [0.25, 0.3) is 0 Å². The molecule has 5 nitrogen and oxygen atoms in total. The number of anilines is 1. The van der Waals surface area contributed by atoms with Gasteiger partial charge in [0.25, 0.3) is 0 Å². The Morgan fingerprint density at radius 2 is 1.90 bits per heavy atom. The molecule has 0 atom stereocenters. The van der Waals surface area contributed by atoms with E-state index in [2.05, 4.69) is 10.1 Å². The lowest BCUT2D eigenvalue weighted by Crippen LogP contribution is -2.52. The fraction of sp³-hybridized carbons (Fsp3) is 0.500. The molecule has 0 heterocycles. The standard InChI is InChI=1S/C16H22N2O3/c1-11-10-12(14(19)21-2)6-7-13(11)18-15(20)16(17)8-4-3-5-9-16/h6-7,10H,3-5,8-9,17H2,1-2H3,(H,18,20). The molecule has 0 aliphatic heterocycles. The number of carbonyl (C=O) groups excluding carboxylic acids is 2. The van der Waals surface area contributed by atoms with Gasteiger partial charge >= 0.3 is 5.97 Å². The van der Waals surface area contributed by atoms with Crippen molar-refractivity contribution in [2.45, 2.75) is 44.6 Å². The third kappa shape index (κ3) is 3.42. The molecule has 0 bridgehead atoms. The minimum atomic E-state index is -0.772. The van der Waals surface area contributed by atoms with Gasteiger partial charge in [0, 0.05) is 5.69 Å². The van der Waals surface area contributed by atoms with E-state index in [0.717, 1.165) is 37.7 Å². The first-order valence-electron chi connectivity index (χ1n) is 7.25. The number of hydrogen-bond acceptors (Lipinski definition) is 4. The lowest BCUT2D eigenvalue weighted by Gasteiger charge is -2.32. The van der Waals surface area contributed by atoms with Gasteiger partial charge in [0.05, 0.1) is 18.2 Å². The highest BCUT2D eigenvalue weighted by Gasteiger charge is 2.35. The van der Waals surface area contributed by atoms with E-state index in [9.17, 15) is 9.59 Å². The Hall–Kier alpha value is -1.88. The molecule has 0 spiro atoms. The number of hydrogen-bond donors (Lipinski definition) is 2. The lowest BCUT2D eigenvalue weighted by molar-refractivity contribution is -0.122. The molecule has 1 aromatic rings. The van der Waals surface area contributed by atoms with Crippen LogP contribution in [0.2, 0.25) is 0 Å². The topological polar surface area (TPSA) is 81.4 Å². The molecule has 3 N–H and O–H groups in total. The normalized spacial score (nSPS) is 17.1. The summed E-state index contributed by atoms with van der Waals surface area (Å²) >= 11 is 0. The predicted octanol–water partition coefficient (Wildman–Crippen LogP) is 2.38. The van der Waals surface area contributed by atoms with Crippen molar-refractivity contribution in [1.82, 2.24) is 0 Å². The van der Waals surface area contributed by atoms with Gasteiger partial charge in [-0.15, -0.1) is 0 Å². The molecular formula is C16H22N2O3. The highest BCUT2D eigenvalue weighted by atomic mass is 16.5. The molecule has 2 rings (SSSR count). The third-order valence-electron chi connectivity index (χ3n) is 4.09. The third-order valence-corrected chi connectivity index (χ3v) is 4.09. The summed E-state index contributed by atoms with van der Waals surface area (Å²) in [6.45, 7) is 1.84. The number of benzene rings is 1. The molecule has 0 aromatic heterocycles. The molecule has 21 heavy (non-hydrogen) atoms. The molecule has 1 amide bonds. The van der Waals surface area contributed by atoms with Crippen LogP contribution >= 0.6 is 0 Å². The molecular weight excluding hydrogens is 268 g/mol. The van der Waals surface area contributed by atoms with Crippen molar-refractivity contribution in [3.05, 3.63) is 29.3 Å². The second-order valence-corrected chi connectivity index (χ2v) is 5.69. The number of esters is 1. The summed E-state index contributed by atoms with van der Waals surface area (Å²) in [5.41, 5.74) is 7.40. The maximum atomic E-state index is 12.4. The highest BCUT2D eigenvalue weighted by molar-refractivity contribution is 5.99. The van der Waals surface area contributed by atoms with E-state index in [1.165, 1.54) is 7.11 Å². The van der Waals surface area contributed by atoms with Gasteiger partial charge in [0.2, 0.25) is 5.91 Å². The van der Waals surface area contributed by atoms with Gasteiger partial charge in [0.15, 0.2) is 0 Å². The average Bonchev–Trinajstić information content (AvgIpc) is 2.49. The van der Waals surface area contributed by atoms with Crippen LogP contribution in [0.4, 0.5) is 5.69 Å². The molecule has 1 fully saturated rings. The second kappa shape index (κ2) is 6.26. The van der Waals surface area contributed by atoms with Gasteiger partial charge in [-0.25, -0.2) is 4.79 Å². The quantitative estimate of drug-likeness (QED) is 0.837. The number of ether oxygens (including phenoxy) is 1. The van der Waals surface area contributed by atoms with Crippen LogP contribution in [-0.2, 0) is 9.53 Å². The van der Waals surface area contributed by atoms with E-state index in [4.69, 9.17) is 5.73 Å². The molecule has 1 saturated carbocycles. The summed E-state index contributed by atoms with van der Waals surface area (Å²) in [7, 11) is 1.34. The van der Waals surface area contributed by atoms with Crippen LogP contribution < -0.4 is 11.1 Å². The summed E-state index contributed by atoms with van der Waals surface area (Å²) in [6, 6.07) is 5.05. The number of carbonyl (C=O) groups is 2. The van der Waals surface area contributed by atoms with E-state index in [1.54, 1.807) is 18.2 Å². The summed E-state index contributed by atoms with van der Waals surface area (Å²) in [5.74, 6) is -0.533. The number of methoxy groups -OCH3 is 1. The molecule has 1 aliphatic rings. The van der Waals surface area contributed by atoms with E-state index in [0.29, 0.717) is 11.3 Å². The zero-order valence-electron chi connectivity index (χ0n) is 12.6. The minimum Gasteiger partial charge on any atom is -0.465 e. The Kier molecular flexibility index (Phi) is 4.63. The monoisotopic (exact) mass is 290 g/mol. The summed E-state index contributed by atoms with van der Waals surface area (Å²) < 4.78 is 4.68. The maximum Gasteiger partial charge on any atom is 0.337 e. The van der Waals surface area contributed by atoms with Crippen LogP contribution in [0.3, 0.4) is 0 Å². The van der Waals surface area contributed by atoms with Gasteiger partial charge < -0.3 is 15.8 Å². The Labute approximate surface area is 124 Å². The molecule has 0 unspecified atom stereocenters. The molecule has 5 heteroatoms. The smallest absolute Gasteiger partial charge is 0.337 e. The van der Waals surface area contributed by atoms with Gasteiger partial charge in [-0.2, -0.15) is 0 Å². The van der Waals surface area contributed by atoms with Crippen LogP contribution in [-0.4, -0.2) is 24.5 Å². The van der Waals surface area contributed by atoms with Crippen molar-refractivity contribution in [2.75, 3.05) is 12.4 Å². The van der Waals surface area contributed by atoms with Crippen molar-refractivity contribution in [2.24, 2.45) is 5.73 Å². The van der Waals surface area contributed by atoms with Crippen LogP contribution in [0.5, 0.6) is 0 Å². The molecule has 1 aliphatic carbocycles. The zero-order chi connectivity index (χ0) is 15.5. The average molecular weight is 290 g/mol. The van der Waals surface area contributed by atoms with E-state index < -0.39 is 11.5 Å². The van der Waals surface area contributed by atoms with E-state index in [-0.39, 0.29) is 5.91 Å². The Morgan fingerprint density at radius 3 is 2.48 bits per heavy atom. The SMILES string of the molecule is COC(=O)c1ccc(NC(=O)C2(N)CCCCC2)c(C)c1.